The quantitative estimate of drug-likeness (QED) is 0.463. The van der Waals surface area contributed by atoms with Gasteiger partial charge in [0.15, 0.2) is 0 Å². The standard InChI is InChI=1S/C21H34O2Si/c1-9-10-14(2)19(22)18-17-16(20(17,4)5)13-15(3)21(18,23)11-12-24(6,7)8/h10,14-19,22-23H,1,13H2,2-8H3/t14?,15-,16-,17-,18-,19?,21-/m1/s1. The molecule has 2 unspecified atom stereocenters. The predicted molar refractivity (Wildman–Crippen MR) is 103 cm³/mol. The highest BCUT2D eigenvalue weighted by atomic mass is 28.3. The minimum Gasteiger partial charge on any atom is -0.392 e. The summed E-state index contributed by atoms with van der Waals surface area (Å²) in [6.45, 7) is 18.8. The normalized spacial score (nSPS) is 39.5. The van der Waals surface area contributed by atoms with E-state index < -0.39 is 19.8 Å². The average Bonchev–Trinajstić information content (AvgIpc) is 2.97. The molecule has 2 rings (SSSR count). The van der Waals surface area contributed by atoms with Crippen molar-refractivity contribution in [1.29, 1.82) is 0 Å². The lowest BCUT2D eigenvalue weighted by Gasteiger charge is -2.44. The Morgan fingerprint density at radius 1 is 1.29 bits per heavy atom. The molecule has 0 aromatic carbocycles. The van der Waals surface area contributed by atoms with E-state index in [0.29, 0.717) is 11.8 Å². The van der Waals surface area contributed by atoms with E-state index >= 15 is 0 Å². The average molecular weight is 347 g/mol. The van der Waals surface area contributed by atoms with Crippen LogP contribution in [0.5, 0.6) is 0 Å². The molecule has 0 amide bonds. The lowest BCUT2D eigenvalue weighted by atomic mass is 9.65. The summed E-state index contributed by atoms with van der Waals surface area (Å²) in [4.78, 5) is 0. The van der Waals surface area contributed by atoms with Crippen molar-refractivity contribution in [1.82, 2.24) is 0 Å². The van der Waals surface area contributed by atoms with E-state index in [1.54, 1.807) is 6.08 Å². The molecule has 0 radical (unpaired) electrons. The Labute approximate surface area is 149 Å². The van der Waals surface area contributed by atoms with Gasteiger partial charge in [-0.3, -0.25) is 0 Å². The number of aliphatic hydroxyl groups is 2. The van der Waals surface area contributed by atoms with Gasteiger partial charge in [-0.25, -0.2) is 0 Å². The molecule has 2 fully saturated rings. The number of aliphatic hydroxyl groups excluding tert-OH is 1. The minimum atomic E-state index is -1.60. The van der Waals surface area contributed by atoms with Gasteiger partial charge < -0.3 is 10.2 Å². The van der Waals surface area contributed by atoms with E-state index in [1.807, 2.05) is 6.92 Å². The summed E-state index contributed by atoms with van der Waals surface area (Å²) in [7, 11) is -1.60. The molecule has 0 saturated heterocycles. The van der Waals surface area contributed by atoms with Crippen molar-refractivity contribution in [3.8, 4) is 11.5 Å². The Balaban J connectivity index is 2.48. The molecule has 2 nitrogen and oxygen atoms in total. The molecule has 2 saturated carbocycles. The van der Waals surface area contributed by atoms with Crippen LogP contribution in [0.3, 0.4) is 0 Å². The first-order chi connectivity index (χ1) is 10.9. The SMILES string of the molecule is C=C=CC(C)C(O)[C@H]1[C@H]2[C@@H](C[C@@H](C)[C@]1(O)C#C[Si](C)(C)C)C2(C)C. The summed E-state index contributed by atoms with van der Waals surface area (Å²) in [5.74, 6) is 3.93. The Bertz CT molecular complexity index is 600. The van der Waals surface area contributed by atoms with Crippen molar-refractivity contribution >= 4 is 8.07 Å². The molecule has 0 bridgehead atoms. The van der Waals surface area contributed by atoms with Gasteiger partial charge in [-0.15, -0.1) is 11.3 Å². The Kier molecular flexibility index (Phi) is 5.03. The summed E-state index contributed by atoms with van der Waals surface area (Å²) in [5, 5.41) is 22.7. The molecule has 134 valence electrons. The summed E-state index contributed by atoms with van der Waals surface area (Å²) >= 11 is 0. The Morgan fingerprint density at radius 3 is 2.38 bits per heavy atom. The molecule has 2 N–H and O–H groups in total. The van der Waals surface area contributed by atoms with Gasteiger partial charge in [0.1, 0.15) is 13.7 Å². The van der Waals surface area contributed by atoms with E-state index in [9.17, 15) is 10.2 Å². The second-order valence-electron chi connectivity index (χ2n) is 9.66. The molecule has 2 aliphatic rings. The van der Waals surface area contributed by atoms with Gasteiger partial charge in [0.05, 0.1) is 6.10 Å². The molecule has 24 heavy (non-hydrogen) atoms. The first-order valence-electron chi connectivity index (χ1n) is 9.17. The molecule has 2 aliphatic carbocycles. The van der Waals surface area contributed by atoms with Gasteiger partial charge in [-0.1, -0.05) is 59.8 Å². The largest absolute Gasteiger partial charge is 0.392 e. The molecule has 0 aliphatic heterocycles. The summed E-state index contributed by atoms with van der Waals surface area (Å²) in [6.07, 6.45) is 2.17. The zero-order valence-electron chi connectivity index (χ0n) is 16.4. The fourth-order valence-electron chi connectivity index (χ4n) is 4.69. The molecular formula is C21H34O2Si. The molecule has 0 spiro atoms. The lowest BCUT2D eigenvalue weighted by Crippen LogP contribution is -2.53. The monoisotopic (exact) mass is 346 g/mol. The van der Waals surface area contributed by atoms with Crippen LogP contribution in [-0.4, -0.2) is 30.0 Å². The van der Waals surface area contributed by atoms with Crippen molar-refractivity contribution in [3.05, 3.63) is 18.4 Å². The maximum Gasteiger partial charge on any atom is 0.133 e. The maximum absolute atomic E-state index is 11.6. The first kappa shape index (κ1) is 19.5. The Hall–Kier alpha value is -0.783. The highest BCUT2D eigenvalue weighted by molar-refractivity contribution is 6.83. The second kappa shape index (κ2) is 6.18. The minimum absolute atomic E-state index is 0.0731. The van der Waals surface area contributed by atoms with Gasteiger partial charge in [0.25, 0.3) is 0 Å². The molecule has 7 atom stereocenters. The fraction of sp³-hybridized carbons (Fsp3) is 0.762. The molecule has 0 aromatic heterocycles. The third-order valence-electron chi connectivity index (χ3n) is 6.32. The van der Waals surface area contributed by atoms with Crippen molar-refractivity contribution in [2.24, 2.45) is 35.0 Å². The zero-order chi connectivity index (χ0) is 18.5. The van der Waals surface area contributed by atoms with Crippen LogP contribution in [0.4, 0.5) is 0 Å². The maximum atomic E-state index is 11.6. The van der Waals surface area contributed by atoms with Crippen LogP contribution in [0.15, 0.2) is 18.4 Å². The highest BCUT2D eigenvalue weighted by Crippen LogP contribution is 2.70. The van der Waals surface area contributed by atoms with Crippen molar-refractivity contribution < 1.29 is 10.2 Å². The van der Waals surface area contributed by atoms with Gasteiger partial charge >= 0.3 is 0 Å². The van der Waals surface area contributed by atoms with Crippen LogP contribution >= 0.6 is 0 Å². The van der Waals surface area contributed by atoms with Crippen LogP contribution < -0.4 is 0 Å². The van der Waals surface area contributed by atoms with Gasteiger partial charge in [-0.05, 0) is 35.7 Å². The van der Waals surface area contributed by atoms with E-state index in [4.69, 9.17) is 0 Å². The van der Waals surface area contributed by atoms with Gasteiger partial charge in [-0.2, -0.15) is 0 Å². The van der Waals surface area contributed by atoms with E-state index in [-0.39, 0.29) is 23.2 Å². The smallest absolute Gasteiger partial charge is 0.133 e. The fourth-order valence-corrected chi connectivity index (χ4v) is 5.27. The summed E-state index contributed by atoms with van der Waals surface area (Å²) < 4.78 is 0. The summed E-state index contributed by atoms with van der Waals surface area (Å²) in [6, 6.07) is 0. The van der Waals surface area contributed by atoms with Crippen LogP contribution in [0.1, 0.15) is 34.1 Å². The van der Waals surface area contributed by atoms with Crippen LogP contribution in [0.2, 0.25) is 19.6 Å². The molecule has 0 aromatic rings. The number of fused-ring (bicyclic) bond motifs is 1. The third-order valence-corrected chi connectivity index (χ3v) is 7.19. The lowest BCUT2D eigenvalue weighted by molar-refractivity contribution is -0.104. The second-order valence-corrected chi connectivity index (χ2v) is 14.4. The van der Waals surface area contributed by atoms with E-state index in [1.165, 1.54) is 0 Å². The Morgan fingerprint density at radius 2 is 1.88 bits per heavy atom. The molecule has 3 heteroatoms. The van der Waals surface area contributed by atoms with E-state index in [2.05, 4.69) is 64.2 Å². The molecular weight excluding hydrogens is 312 g/mol. The van der Waals surface area contributed by atoms with Crippen molar-refractivity contribution in [2.45, 2.75) is 65.5 Å². The number of hydrogen-bond donors (Lipinski definition) is 2. The van der Waals surface area contributed by atoms with Crippen molar-refractivity contribution in [3.63, 3.8) is 0 Å². The van der Waals surface area contributed by atoms with Crippen molar-refractivity contribution in [2.75, 3.05) is 0 Å². The summed E-state index contributed by atoms with van der Waals surface area (Å²) in [5.41, 5.74) is 5.22. The van der Waals surface area contributed by atoms with Crippen LogP contribution in [0, 0.1) is 46.5 Å². The number of rotatable bonds is 3. The predicted octanol–water partition coefficient (Wildman–Crippen LogP) is 3.86. The number of hydrogen-bond acceptors (Lipinski definition) is 2. The molecule has 0 heterocycles. The van der Waals surface area contributed by atoms with E-state index in [0.717, 1.165) is 6.42 Å². The van der Waals surface area contributed by atoms with Crippen LogP contribution in [-0.2, 0) is 0 Å². The third kappa shape index (κ3) is 3.31. The van der Waals surface area contributed by atoms with Gasteiger partial charge in [0.2, 0.25) is 0 Å². The topological polar surface area (TPSA) is 40.5 Å². The van der Waals surface area contributed by atoms with Crippen LogP contribution in [0.25, 0.3) is 0 Å². The van der Waals surface area contributed by atoms with Gasteiger partial charge in [0, 0.05) is 11.8 Å². The highest BCUT2D eigenvalue weighted by Gasteiger charge is 2.70. The first-order valence-corrected chi connectivity index (χ1v) is 12.7. The zero-order valence-corrected chi connectivity index (χ0v) is 17.4.